The van der Waals surface area contributed by atoms with Crippen LogP contribution < -0.4 is 9.47 Å². The van der Waals surface area contributed by atoms with E-state index >= 15 is 0 Å². The van der Waals surface area contributed by atoms with Gasteiger partial charge < -0.3 is 14.5 Å². The molecule has 2 aromatic heterocycles. The molecule has 180 valence electrons. The smallest absolute Gasteiger partial charge is 0.261 e. The number of rotatable bonds is 8. The number of methoxy groups -OCH3 is 1. The zero-order valence-electron chi connectivity index (χ0n) is 19.0. The van der Waals surface area contributed by atoms with Gasteiger partial charge in [-0.05, 0) is 6.07 Å². The van der Waals surface area contributed by atoms with Crippen molar-refractivity contribution in [3.8, 4) is 28.8 Å². The molecular formula is C23H24ClF2N5O2S. The van der Waals surface area contributed by atoms with Crippen molar-refractivity contribution in [1.82, 2.24) is 19.9 Å². The largest absolute Gasteiger partial charge is 0.493 e. The number of aromatic amines is 1. The van der Waals surface area contributed by atoms with E-state index in [1.165, 1.54) is 18.9 Å². The maximum Gasteiger partial charge on any atom is 0.261 e. The Morgan fingerprint density at radius 1 is 1.32 bits per heavy atom. The Hall–Kier alpha value is -2.61. The number of ether oxygens (including phenoxy) is 2. The van der Waals surface area contributed by atoms with Crippen LogP contribution in [0.4, 0.5) is 8.78 Å². The van der Waals surface area contributed by atoms with Crippen molar-refractivity contribution in [2.75, 3.05) is 33.4 Å². The molecule has 0 amide bonds. The van der Waals surface area contributed by atoms with Crippen LogP contribution in [-0.4, -0.2) is 64.4 Å². The van der Waals surface area contributed by atoms with Crippen LogP contribution in [0.25, 0.3) is 22.3 Å². The van der Waals surface area contributed by atoms with Crippen LogP contribution in [0.3, 0.4) is 0 Å². The summed E-state index contributed by atoms with van der Waals surface area (Å²) in [7, 11) is 1.50. The highest BCUT2D eigenvalue weighted by atomic mass is 35.5. The number of hydrogen-bond acceptors (Lipinski definition) is 7. The standard InChI is InChI=1S/C23H24ClF2N5O2S/c1-13(2)34-22-29-20(19-14(10-27)11-28-21(19)30-22)15-8-18(17(32-3)9-16(15)24)33-7-6-31-5-4-23(25,26)12-31/h8-9,11,13H,4-7,12H2,1-3H3,(H,28,29,30). The van der Waals surface area contributed by atoms with Crippen molar-refractivity contribution in [2.24, 2.45) is 0 Å². The molecule has 0 spiro atoms. The molecule has 1 aliphatic rings. The Kier molecular flexibility index (Phi) is 7.17. The summed E-state index contributed by atoms with van der Waals surface area (Å²) in [6.07, 6.45) is 1.45. The molecule has 1 aliphatic heterocycles. The van der Waals surface area contributed by atoms with E-state index < -0.39 is 5.92 Å². The summed E-state index contributed by atoms with van der Waals surface area (Å²) in [6, 6.07) is 5.50. The molecule has 1 saturated heterocycles. The number of fused-ring (bicyclic) bond motifs is 1. The highest BCUT2D eigenvalue weighted by Crippen LogP contribution is 2.41. The van der Waals surface area contributed by atoms with Crippen LogP contribution >= 0.6 is 23.4 Å². The number of nitrogens with one attached hydrogen (secondary N) is 1. The maximum atomic E-state index is 13.5. The molecule has 0 radical (unpaired) electrons. The minimum absolute atomic E-state index is 0.139. The van der Waals surface area contributed by atoms with Crippen molar-refractivity contribution in [2.45, 2.75) is 36.6 Å². The monoisotopic (exact) mass is 507 g/mol. The second kappa shape index (κ2) is 9.94. The highest BCUT2D eigenvalue weighted by Gasteiger charge is 2.37. The van der Waals surface area contributed by atoms with E-state index in [1.54, 1.807) is 23.2 Å². The molecule has 1 fully saturated rings. The first kappa shape index (κ1) is 24.5. The van der Waals surface area contributed by atoms with Crippen molar-refractivity contribution in [3.05, 3.63) is 28.9 Å². The van der Waals surface area contributed by atoms with Gasteiger partial charge in [-0.1, -0.05) is 37.2 Å². The number of H-pyrrole nitrogens is 1. The number of nitriles is 1. The summed E-state index contributed by atoms with van der Waals surface area (Å²) in [5.74, 6) is -1.83. The Morgan fingerprint density at radius 2 is 2.12 bits per heavy atom. The van der Waals surface area contributed by atoms with E-state index in [0.29, 0.717) is 62.6 Å². The summed E-state index contributed by atoms with van der Waals surface area (Å²) in [6.45, 7) is 4.71. The maximum absolute atomic E-state index is 13.5. The predicted molar refractivity (Wildman–Crippen MR) is 128 cm³/mol. The lowest BCUT2D eigenvalue weighted by Gasteiger charge is -2.18. The number of aromatic nitrogens is 3. The van der Waals surface area contributed by atoms with Crippen molar-refractivity contribution in [3.63, 3.8) is 0 Å². The first-order chi connectivity index (χ1) is 16.2. The van der Waals surface area contributed by atoms with Crippen LogP contribution in [0, 0.1) is 11.3 Å². The Morgan fingerprint density at radius 3 is 2.76 bits per heavy atom. The fourth-order valence-electron chi connectivity index (χ4n) is 3.83. The molecule has 4 rings (SSSR count). The van der Waals surface area contributed by atoms with Gasteiger partial charge in [0.25, 0.3) is 5.92 Å². The quantitative estimate of drug-likeness (QED) is 0.323. The van der Waals surface area contributed by atoms with Crippen molar-refractivity contribution >= 4 is 34.4 Å². The SMILES string of the molecule is COc1cc(Cl)c(-c2nc(SC(C)C)nc3[nH]cc(C#N)c23)cc1OCCN1CCC(F)(F)C1. The Labute approximate surface area is 205 Å². The van der Waals surface area contributed by atoms with Crippen molar-refractivity contribution < 1.29 is 18.3 Å². The number of likely N-dealkylation sites (tertiary alicyclic amines) is 1. The topological polar surface area (TPSA) is 87.1 Å². The molecule has 34 heavy (non-hydrogen) atoms. The van der Waals surface area contributed by atoms with Crippen LogP contribution in [0.5, 0.6) is 11.5 Å². The molecule has 0 unspecified atom stereocenters. The van der Waals surface area contributed by atoms with E-state index in [2.05, 4.69) is 16.0 Å². The van der Waals surface area contributed by atoms with Gasteiger partial charge in [0, 0.05) is 42.6 Å². The molecule has 7 nitrogen and oxygen atoms in total. The lowest BCUT2D eigenvalue weighted by atomic mass is 10.1. The molecule has 0 aliphatic carbocycles. The lowest BCUT2D eigenvalue weighted by molar-refractivity contribution is 0.0112. The summed E-state index contributed by atoms with van der Waals surface area (Å²) >= 11 is 8.11. The van der Waals surface area contributed by atoms with Crippen LogP contribution in [-0.2, 0) is 0 Å². The van der Waals surface area contributed by atoms with Gasteiger partial charge in [-0.2, -0.15) is 5.26 Å². The molecule has 3 aromatic rings. The van der Waals surface area contributed by atoms with Crippen LogP contribution in [0.2, 0.25) is 5.02 Å². The molecule has 0 bridgehead atoms. The van der Waals surface area contributed by atoms with Gasteiger partial charge in [0.15, 0.2) is 16.7 Å². The fourth-order valence-corrected chi connectivity index (χ4v) is 4.78. The van der Waals surface area contributed by atoms with E-state index in [4.69, 9.17) is 26.1 Å². The molecule has 3 heterocycles. The van der Waals surface area contributed by atoms with Crippen LogP contribution in [0.15, 0.2) is 23.5 Å². The summed E-state index contributed by atoms with van der Waals surface area (Å²) in [4.78, 5) is 14.0. The van der Waals surface area contributed by atoms with E-state index in [-0.39, 0.29) is 24.8 Å². The second-order valence-electron chi connectivity index (χ2n) is 8.27. The lowest BCUT2D eigenvalue weighted by Crippen LogP contribution is -2.29. The van der Waals surface area contributed by atoms with Gasteiger partial charge in [-0.15, -0.1) is 0 Å². The van der Waals surface area contributed by atoms with Gasteiger partial charge in [0.2, 0.25) is 0 Å². The number of benzene rings is 1. The number of alkyl halides is 2. The molecule has 11 heteroatoms. The molecular weight excluding hydrogens is 484 g/mol. The minimum Gasteiger partial charge on any atom is -0.493 e. The first-order valence-electron chi connectivity index (χ1n) is 10.8. The molecule has 1 aromatic carbocycles. The average molecular weight is 508 g/mol. The molecule has 0 saturated carbocycles. The second-order valence-corrected chi connectivity index (χ2v) is 10.2. The third-order valence-electron chi connectivity index (χ3n) is 5.39. The van der Waals surface area contributed by atoms with Gasteiger partial charge in [-0.25, -0.2) is 18.7 Å². The number of nitrogens with zero attached hydrogens (tertiary/aromatic N) is 4. The normalized spacial score (nSPS) is 15.7. The van der Waals surface area contributed by atoms with E-state index in [1.807, 2.05) is 13.8 Å². The van der Waals surface area contributed by atoms with E-state index in [0.717, 1.165) is 0 Å². The van der Waals surface area contributed by atoms with Crippen LogP contribution in [0.1, 0.15) is 25.8 Å². The molecule has 0 atom stereocenters. The summed E-state index contributed by atoms with van der Waals surface area (Å²) < 4.78 is 38.3. The Balaban J connectivity index is 1.70. The number of thioether (sulfide) groups is 1. The first-order valence-corrected chi connectivity index (χ1v) is 12.0. The van der Waals surface area contributed by atoms with E-state index in [9.17, 15) is 14.0 Å². The van der Waals surface area contributed by atoms with Gasteiger partial charge in [-0.3, -0.25) is 4.90 Å². The van der Waals surface area contributed by atoms with Gasteiger partial charge >= 0.3 is 0 Å². The highest BCUT2D eigenvalue weighted by molar-refractivity contribution is 7.99. The minimum atomic E-state index is -2.65. The third-order valence-corrected chi connectivity index (χ3v) is 6.57. The zero-order valence-corrected chi connectivity index (χ0v) is 20.6. The Bertz CT molecular complexity index is 1240. The molecule has 1 N–H and O–H groups in total. The fraction of sp³-hybridized carbons (Fsp3) is 0.435. The third kappa shape index (κ3) is 5.22. The zero-order chi connectivity index (χ0) is 24.5. The van der Waals surface area contributed by atoms with Gasteiger partial charge in [0.1, 0.15) is 18.3 Å². The van der Waals surface area contributed by atoms with Crippen molar-refractivity contribution in [1.29, 1.82) is 5.26 Å². The predicted octanol–water partition coefficient (Wildman–Crippen LogP) is 5.38. The average Bonchev–Trinajstić information content (AvgIpc) is 3.35. The number of halogens is 3. The van der Waals surface area contributed by atoms with Gasteiger partial charge in [0.05, 0.1) is 35.3 Å². The number of hydrogen-bond donors (Lipinski definition) is 1. The summed E-state index contributed by atoms with van der Waals surface area (Å²) in [5.41, 5.74) is 1.99. The summed E-state index contributed by atoms with van der Waals surface area (Å²) in [5, 5.41) is 11.3.